The second-order valence-corrected chi connectivity index (χ2v) is 4.86. The minimum atomic E-state index is -0.214. The summed E-state index contributed by atoms with van der Waals surface area (Å²) in [6, 6.07) is 7.97. The van der Waals surface area contributed by atoms with Crippen LogP contribution in [0.2, 0.25) is 0 Å². The molecule has 17 heavy (non-hydrogen) atoms. The number of rotatable bonds is 3. The maximum atomic E-state index is 11.7. The third-order valence-corrected chi connectivity index (χ3v) is 3.08. The molecule has 1 unspecified atom stereocenters. The van der Waals surface area contributed by atoms with E-state index in [1.165, 1.54) is 11.1 Å². The number of aliphatic imine (C=N–C) groups is 1. The van der Waals surface area contributed by atoms with Gasteiger partial charge >= 0.3 is 0 Å². The number of aryl methyl sites for hydroxylation is 1. The van der Waals surface area contributed by atoms with Crippen molar-refractivity contribution in [2.45, 2.75) is 33.2 Å². The lowest BCUT2D eigenvalue weighted by Crippen LogP contribution is -2.31. The molecule has 0 spiro atoms. The lowest BCUT2D eigenvalue weighted by atomic mass is 10.1. The number of amidine groups is 1. The summed E-state index contributed by atoms with van der Waals surface area (Å²) in [7, 11) is 0. The van der Waals surface area contributed by atoms with Gasteiger partial charge in [-0.25, -0.2) is 0 Å². The zero-order valence-corrected chi connectivity index (χ0v) is 10.5. The Labute approximate surface area is 102 Å². The van der Waals surface area contributed by atoms with Crippen LogP contribution in [0.1, 0.15) is 25.0 Å². The van der Waals surface area contributed by atoms with Gasteiger partial charge in [0.15, 0.2) is 0 Å². The molecule has 2 rings (SSSR count). The molecule has 1 aliphatic rings. The molecule has 1 aromatic rings. The molecule has 0 saturated heterocycles. The fourth-order valence-electron chi connectivity index (χ4n) is 2.01. The van der Waals surface area contributed by atoms with Gasteiger partial charge in [0.1, 0.15) is 11.9 Å². The van der Waals surface area contributed by atoms with Crippen molar-refractivity contribution in [3.63, 3.8) is 0 Å². The normalized spacial score (nSPS) is 19.4. The molecule has 1 heterocycles. The van der Waals surface area contributed by atoms with Gasteiger partial charge in [-0.1, -0.05) is 38.1 Å². The summed E-state index contributed by atoms with van der Waals surface area (Å²) in [5.41, 5.74) is 2.45. The topological polar surface area (TPSA) is 41.5 Å². The molecule has 0 aromatic heterocycles. The number of hydrogen-bond acceptors (Lipinski definition) is 2. The molecule has 1 aromatic carbocycles. The van der Waals surface area contributed by atoms with E-state index in [-0.39, 0.29) is 17.9 Å². The van der Waals surface area contributed by atoms with Crippen LogP contribution in [0, 0.1) is 12.8 Å². The van der Waals surface area contributed by atoms with Gasteiger partial charge in [0, 0.05) is 6.42 Å². The quantitative estimate of drug-likeness (QED) is 0.848. The number of carbonyl (C=O) groups is 1. The molecule has 3 heteroatoms. The molecule has 1 aliphatic heterocycles. The summed E-state index contributed by atoms with van der Waals surface area (Å²) in [5.74, 6) is 1.08. The summed E-state index contributed by atoms with van der Waals surface area (Å²) in [6.45, 7) is 6.11. The maximum absolute atomic E-state index is 11.7. The summed E-state index contributed by atoms with van der Waals surface area (Å²) in [6.07, 6.45) is 0.710. The summed E-state index contributed by atoms with van der Waals surface area (Å²) in [4.78, 5) is 16.1. The van der Waals surface area contributed by atoms with E-state index in [1.807, 2.05) is 26.0 Å². The van der Waals surface area contributed by atoms with Crippen LogP contribution in [-0.4, -0.2) is 17.8 Å². The monoisotopic (exact) mass is 230 g/mol. The van der Waals surface area contributed by atoms with Crippen molar-refractivity contribution < 1.29 is 4.79 Å². The van der Waals surface area contributed by atoms with E-state index in [4.69, 9.17) is 0 Å². The fourth-order valence-corrected chi connectivity index (χ4v) is 2.01. The van der Waals surface area contributed by atoms with Crippen molar-refractivity contribution in [3.8, 4) is 0 Å². The predicted molar refractivity (Wildman–Crippen MR) is 69.1 cm³/mol. The zero-order chi connectivity index (χ0) is 12.4. The van der Waals surface area contributed by atoms with E-state index >= 15 is 0 Å². The van der Waals surface area contributed by atoms with Gasteiger partial charge < -0.3 is 5.32 Å². The van der Waals surface area contributed by atoms with Crippen molar-refractivity contribution in [1.29, 1.82) is 0 Å². The number of carbonyl (C=O) groups excluding carboxylic acids is 1. The van der Waals surface area contributed by atoms with Gasteiger partial charge in [0.25, 0.3) is 0 Å². The number of benzene rings is 1. The highest BCUT2D eigenvalue weighted by molar-refractivity contribution is 6.06. The van der Waals surface area contributed by atoms with Crippen molar-refractivity contribution in [2.24, 2.45) is 10.9 Å². The van der Waals surface area contributed by atoms with Crippen LogP contribution in [0.25, 0.3) is 0 Å². The Kier molecular flexibility index (Phi) is 3.27. The van der Waals surface area contributed by atoms with Gasteiger partial charge in [-0.2, -0.15) is 0 Å². The Bertz CT molecular complexity index is 463. The lowest BCUT2D eigenvalue weighted by Gasteiger charge is -2.06. The van der Waals surface area contributed by atoms with Crippen molar-refractivity contribution in [2.75, 3.05) is 0 Å². The standard InChI is InChI=1S/C14H18N2O/c1-9(2)13-14(17)16-12(15-13)8-11-7-5-4-6-10(11)3/h4-7,9,13H,8H2,1-3H3,(H,15,16,17). The molecular weight excluding hydrogens is 212 g/mol. The molecular formula is C14H18N2O. The molecule has 0 aliphatic carbocycles. The van der Waals surface area contributed by atoms with Crippen LogP contribution < -0.4 is 5.32 Å². The highest BCUT2D eigenvalue weighted by atomic mass is 16.2. The van der Waals surface area contributed by atoms with Gasteiger partial charge in [0.2, 0.25) is 5.91 Å². The second-order valence-electron chi connectivity index (χ2n) is 4.86. The third-order valence-electron chi connectivity index (χ3n) is 3.08. The average molecular weight is 230 g/mol. The summed E-state index contributed by atoms with van der Waals surface area (Å²) in [5, 5.41) is 2.87. The molecule has 0 saturated carbocycles. The van der Waals surface area contributed by atoms with Crippen molar-refractivity contribution in [3.05, 3.63) is 35.4 Å². The molecule has 1 atom stereocenters. The lowest BCUT2D eigenvalue weighted by molar-refractivity contribution is -0.120. The van der Waals surface area contributed by atoms with Crippen LogP contribution in [0.3, 0.4) is 0 Å². The number of nitrogens with one attached hydrogen (secondary N) is 1. The Balaban J connectivity index is 2.14. The van der Waals surface area contributed by atoms with E-state index in [2.05, 4.69) is 29.4 Å². The van der Waals surface area contributed by atoms with Crippen LogP contribution in [-0.2, 0) is 11.2 Å². The first-order valence-corrected chi connectivity index (χ1v) is 6.00. The van der Waals surface area contributed by atoms with Gasteiger partial charge in [-0.15, -0.1) is 0 Å². The molecule has 0 bridgehead atoms. The summed E-state index contributed by atoms with van der Waals surface area (Å²) >= 11 is 0. The van der Waals surface area contributed by atoms with E-state index in [0.717, 1.165) is 5.84 Å². The molecule has 1 N–H and O–H groups in total. The highest BCUT2D eigenvalue weighted by Crippen LogP contribution is 2.14. The Morgan fingerprint density at radius 2 is 2.06 bits per heavy atom. The molecule has 0 fully saturated rings. The van der Waals surface area contributed by atoms with Crippen LogP contribution in [0.4, 0.5) is 0 Å². The third kappa shape index (κ3) is 2.54. The first-order valence-electron chi connectivity index (χ1n) is 6.00. The highest BCUT2D eigenvalue weighted by Gasteiger charge is 2.28. The maximum Gasteiger partial charge on any atom is 0.250 e. The summed E-state index contributed by atoms with van der Waals surface area (Å²) < 4.78 is 0. The van der Waals surface area contributed by atoms with E-state index in [1.54, 1.807) is 0 Å². The first kappa shape index (κ1) is 11.8. The Morgan fingerprint density at radius 3 is 2.65 bits per heavy atom. The number of hydrogen-bond donors (Lipinski definition) is 1. The SMILES string of the molecule is Cc1ccccc1CC1=NC(C(C)C)C(=O)N1. The van der Waals surface area contributed by atoms with Crippen molar-refractivity contribution >= 4 is 11.7 Å². The predicted octanol–water partition coefficient (Wildman–Crippen LogP) is 2.09. The first-order chi connectivity index (χ1) is 8.08. The molecule has 90 valence electrons. The second kappa shape index (κ2) is 4.70. The van der Waals surface area contributed by atoms with Gasteiger partial charge in [0.05, 0.1) is 0 Å². The average Bonchev–Trinajstić information content (AvgIpc) is 2.63. The van der Waals surface area contributed by atoms with Gasteiger partial charge in [-0.05, 0) is 24.0 Å². The number of nitrogens with zero attached hydrogens (tertiary/aromatic N) is 1. The van der Waals surface area contributed by atoms with Crippen LogP contribution in [0.5, 0.6) is 0 Å². The smallest absolute Gasteiger partial charge is 0.250 e. The van der Waals surface area contributed by atoms with Crippen LogP contribution >= 0.6 is 0 Å². The molecule has 0 radical (unpaired) electrons. The molecule has 3 nitrogen and oxygen atoms in total. The zero-order valence-electron chi connectivity index (χ0n) is 10.5. The van der Waals surface area contributed by atoms with Crippen LogP contribution in [0.15, 0.2) is 29.3 Å². The number of amides is 1. The van der Waals surface area contributed by atoms with E-state index in [0.29, 0.717) is 6.42 Å². The Morgan fingerprint density at radius 1 is 1.35 bits per heavy atom. The fraction of sp³-hybridized carbons (Fsp3) is 0.429. The molecule has 1 amide bonds. The van der Waals surface area contributed by atoms with E-state index < -0.39 is 0 Å². The Hall–Kier alpha value is -1.64. The van der Waals surface area contributed by atoms with E-state index in [9.17, 15) is 4.79 Å². The van der Waals surface area contributed by atoms with Crippen molar-refractivity contribution in [1.82, 2.24) is 5.32 Å². The minimum Gasteiger partial charge on any atom is -0.312 e. The minimum absolute atomic E-state index is 0.0311. The van der Waals surface area contributed by atoms with Gasteiger partial charge in [-0.3, -0.25) is 9.79 Å². The largest absolute Gasteiger partial charge is 0.312 e.